The van der Waals surface area contributed by atoms with E-state index in [9.17, 15) is 10.5 Å². The minimum Gasteiger partial charge on any atom is -0.489 e. The summed E-state index contributed by atoms with van der Waals surface area (Å²) in [5.41, 5.74) is 2.44. The van der Waals surface area contributed by atoms with Crippen LogP contribution in [-0.2, 0) is 0 Å². The maximum Gasteiger partial charge on any atom is 0.175 e. The lowest BCUT2D eigenvalue weighted by Crippen LogP contribution is -2.10. The summed E-state index contributed by atoms with van der Waals surface area (Å²) in [6.45, 7) is 3.98. The fourth-order valence-corrected chi connectivity index (χ4v) is 2.38. The van der Waals surface area contributed by atoms with Crippen LogP contribution in [0.5, 0.6) is 5.75 Å². The van der Waals surface area contributed by atoms with Crippen molar-refractivity contribution in [1.29, 1.82) is 5.26 Å². The molecule has 2 aromatic heterocycles. The molecule has 1 aromatic carbocycles. The number of pyridine rings is 1. The van der Waals surface area contributed by atoms with Gasteiger partial charge in [0.2, 0.25) is 0 Å². The normalized spacial score (nSPS) is 11.7. The smallest absolute Gasteiger partial charge is 0.175 e. The monoisotopic (exact) mass is 334 g/mol. The van der Waals surface area contributed by atoms with Gasteiger partial charge in [-0.25, -0.2) is 4.98 Å². The summed E-state index contributed by atoms with van der Waals surface area (Å²) in [5, 5.41) is 19.6. The van der Waals surface area contributed by atoms with Gasteiger partial charge < -0.3 is 9.94 Å². The van der Waals surface area contributed by atoms with Crippen molar-refractivity contribution in [3.05, 3.63) is 54.5 Å². The van der Waals surface area contributed by atoms with E-state index in [1.165, 1.54) is 6.20 Å². The first-order valence-electron chi connectivity index (χ1n) is 8.02. The Hall–Kier alpha value is -3.33. The third kappa shape index (κ3) is 3.45. The van der Waals surface area contributed by atoms with E-state index in [4.69, 9.17) is 4.74 Å². The molecule has 0 aliphatic heterocycles. The quantitative estimate of drug-likeness (QED) is 0.715. The second kappa shape index (κ2) is 7.05. The van der Waals surface area contributed by atoms with Crippen molar-refractivity contribution < 1.29 is 9.94 Å². The van der Waals surface area contributed by atoms with Crippen LogP contribution >= 0.6 is 0 Å². The van der Waals surface area contributed by atoms with Crippen molar-refractivity contribution >= 4 is 0 Å². The molecule has 1 atom stereocenters. The number of nitriles is 1. The molecule has 1 N–H and O–H groups in total. The van der Waals surface area contributed by atoms with Crippen molar-refractivity contribution in [3.8, 4) is 34.5 Å². The van der Waals surface area contributed by atoms with Crippen molar-refractivity contribution in [2.45, 2.75) is 26.4 Å². The first-order valence-corrected chi connectivity index (χ1v) is 8.02. The molecule has 25 heavy (non-hydrogen) atoms. The highest BCUT2D eigenvalue weighted by molar-refractivity contribution is 5.66. The molecule has 1 unspecified atom stereocenters. The molecular weight excluding hydrogens is 316 g/mol. The standard InChI is InChI=1S/C19H18N4O2/c1-3-13(2)25-18-7-6-14(9-16(18)10-20)19-22-17(12-23(19)24)15-5-4-8-21-11-15/h4-9,11-13,24H,3H2,1-2H3. The van der Waals surface area contributed by atoms with E-state index in [0.717, 1.165) is 16.7 Å². The molecule has 0 aliphatic carbocycles. The van der Waals surface area contributed by atoms with Crippen LogP contribution in [0.2, 0.25) is 0 Å². The molecule has 6 heteroatoms. The van der Waals surface area contributed by atoms with E-state index in [1.807, 2.05) is 19.9 Å². The Morgan fingerprint density at radius 1 is 1.32 bits per heavy atom. The van der Waals surface area contributed by atoms with E-state index in [1.54, 1.807) is 36.7 Å². The third-order valence-corrected chi connectivity index (χ3v) is 3.91. The topological polar surface area (TPSA) is 84.0 Å². The van der Waals surface area contributed by atoms with E-state index in [2.05, 4.69) is 16.0 Å². The van der Waals surface area contributed by atoms with Gasteiger partial charge in [-0.15, -0.1) is 0 Å². The van der Waals surface area contributed by atoms with Crippen LogP contribution < -0.4 is 4.74 Å². The Labute approximate surface area is 145 Å². The lowest BCUT2D eigenvalue weighted by atomic mass is 10.1. The summed E-state index contributed by atoms with van der Waals surface area (Å²) in [4.78, 5) is 8.51. The maximum atomic E-state index is 10.2. The summed E-state index contributed by atoms with van der Waals surface area (Å²) in [7, 11) is 0. The number of imidazole rings is 1. The lowest BCUT2D eigenvalue weighted by molar-refractivity contribution is 0.191. The Bertz CT molecular complexity index is 913. The van der Waals surface area contributed by atoms with Crippen LogP contribution in [0.15, 0.2) is 48.9 Å². The summed E-state index contributed by atoms with van der Waals surface area (Å²) < 4.78 is 6.71. The van der Waals surface area contributed by atoms with Gasteiger partial charge >= 0.3 is 0 Å². The second-order valence-corrected chi connectivity index (χ2v) is 5.70. The average Bonchev–Trinajstić information content (AvgIpc) is 3.04. The van der Waals surface area contributed by atoms with E-state index >= 15 is 0 Å². The highest BCUT2D eigenvalue weighted by atomic mass is 16.5. The molecule has 0 fully saturated rings. The van der Waals surface area contributed by atoms with Crippen molar-refractivity contribution in [2.75, 3.05) is 0 Å². The fourth-order valence-electron chi connectivity index (χ4n) is 2.38. The van der Waals surface area contributed by atoms with Gasteiger partial charge in [0.15, 0.2) is 5.82 Å². The summed E-state index contributed by atoms with van der Waals surface area (Å²) >= 11 is 0. The molecule has 3 aromatic rings. The summed E-state index contributed by atoms with van der Waals surface area (Å²) in [6.07, 6.45) is 5.74. The van der Waals surface area contributed by atoms with Crippen LogP contribution in [0.3, 0.4) is 0 Å². The zero-order valence-electron chi connectivity index (χ0n) is 14.0. The predicted octanol–water partition coefficient (Wildman–Crippen LogP) is 3.90. The number of hydrogen-bond acceptors (Lipinski definition) is 5. The van der Waals surface area contributed by atoms with Gasteiger partial charge in [-0.3, -0.25) is 4.98 Å². The van der Waals surface area contributed by atoms with E-state index < -0.39 is 0 Å². The first kappa shape index (κ1) is 16.5. The summed E-state index contributed by atoms with van der Waals surface area (Å²) in [6, 6.07) is 11.0. The molecule has 0 spiro atoms. The maximum absolute atomic E-state index is 10.2. The number of hydrogen-bond donors (Lipinski definition) is 1. The zero-order chi connectivity index (χ0) is 17.8. The van der Waals surface area contributed by atoms with Gasteiger partial charge in [-0.05, 0) is 43.7 Å². The van der Waals surface area contributed by atoms with Crippen LogP contribution in [-0.4, -0.2) is 26.0 Å². The van der Waals surface area contributed by atoms with Crippen LogP contribution in [0.4, 0.5) is 0 Å². The zero-order valence-corrected chi connectivity index (χ0v) is 14.0. The molecule has 3 rings (SSSR count). The van der Waals surface area contributed by atoms with Gasteiger partial charge in [0, 0.05) is 23.5 Å². The number of benzene rings is 1. The Morgan fingerprint density at radius 2 is 2.16 bits per heavy atom. The van der Waals surface area contributed by atoms with Gasteiger partial charge in [-0.1, -0.05) is 6.92 Å². The Morgan fingerprint density at radius 3 is 2.84 bits per heavy atom. The largest absolute Gasteiger partial charge is 0.489 e. The van der Waals surface area contributed by atoms with Crippen molar-refractivity contribution in [1.82, 2.24) is 14.7 Å². The van der Waals surface area contributed by atoms with Crippen LogP contribution in [0.1, 0.15) is 25.8 Å². The van der Waals surface area contributed by atoms with E-state index in [-0.39, 0.29) is 6.10 Å². The number of aromatic nitrogens is 3. The Balaban J connectivity index is 1.97. The molecule has 2 heterocycles. The molecule has 126 valence electrons. The third-order valence-electron chi connectivity index (χ3n) is 3.91. The number of nitrogens with zero attached hydrogens (tertiary/aromatic N) is 4. The Kier molecular flexibility index (Phi) is 4.66. The van der Waals surface area contributed by atoms with Gasteiger partial charge in [0.1, 0.15) is 11.8 Å². The number of ether oxygens (including phenoxy) is 1. The average molecular weight is 334 g/mol. The molecular formula is C19H18N4O2. The van der Waals surface area contributed by atoms with Gasteiger partial charge in [0.05, 0.1) is 23.6 Å². The van der Waals surface area contributed by atoms with Gasteiger partial charge in [0.25, 0.3) is 0 Å². The first-order chi connectivity index (χ1) is 12.1. The predicted molar refractivity (Wildman–Crippen MR) is 93.2 cm³/mol. The minimum atomic E-state index is 0.0231. The SMILES string of the molecule is CCC(C)Oc1ccc(-c2nc(-c3cccnc3)cn2O)cc1C#N. The molecule has 0 saturated carbocycles. The summed E-state index contributed by atoms with van der Waals surface area (Å²) in [5.74, 6) is 0.884. The molecule has 6 nitrogen and oxygen atoms in total. The molecule has 0 bridgehead atoms. The minimum absolute atomic E-state index is 0.0231. The van der Waals surface area contributed by atoms with Crippen molar-refractivity contribution in [2.24, 2.45) is 0 Å². The molecule has 0 saturated heterocycles. The lowest BCUT2D eigenvalue weighted by Gasteiger charge is -2.14. The molecule has 0 amide bonds. The van der Waals surface area contributed by atoms with E-state index in [0.29, 0.717) is 28.4 Å². The second-order valence-electron chi connectivity index (χ2n) is 5.70. The molecule has 0 radical (unpaired) electrons. The van der Waals surface area contributed by atoms with Crippen LogP contribution in [0.25, 0.3) is 22.6 Å². The highest BCUT2D eigenvalue weighted by Crippen LogP contribution is 2.28. The fraction of sp³-hybridized carbons (Fsp3) is 0.211. The number of rotatable bonds is 5. The van der Waals surface area contributed by atoms with Crippen LogP contribution in [0, 0.1) is 11.3 Å². The highest BCUT2D eigenvalue weighted by Gasteiger charge is 2.14. The van der Waals surface area contributed by atoms with Crippen molar-refractivity contribution in [3.63, 3.8) is 0 Å². The molecule has 0 aliphatic rings. The van der Waals surface area contributed by atoms with Gasteiger partial charge in [-0.2, -0.15) is 9.99 Å².